The van der Waals surface area contributed by atoms with Crippen LogP contribution in [0.15, 0.2) is 35.1 Å². The molecule has 0 spiro atoms. The van der Waals surface area contributed by atoms with Gasteiger partial charge in [0.1, 0.15) is 11.4 Å². The van der Waals surface area contributed by atoms with E-state index in [0.717, 1.165) is 39.8 Å². The van der Waals surface area contributed by atoms with E-state index in [4.69, 9.17) is 18.9 Å². The molecular weight excluding hydrogens is 442 g/mol. The van der Waals surface area contributed by atoms with Gasteiger partial charge in [0.2, 0.25) is 5.75 Å². The third kappa shape index (κ3) is 3.25. The summed E-state index contributed by atoms with van der Waals surface area (Å²) in [5.74, 6) is 3.32. The zero-order chi connectivity index (χ0) is 25.2. The van der Waals surface area contributed by atoms with Gasteiger partial charge in [-0.3, -0.25) is 4.79 Å². The van der Waals surface area contributed by atoms with Crippen molar-refractivity contribution in [1.29, 1.82) is 0 Å². The van der Waals surface area contributed by atoms with Crippen molar-refractivity contribution in [2.45, 2.75) is 51.6 Å². The van der Waals surface area contributed by atoms with Crippen molar-refractivity contribution in [3.8, 4) is 23.0 Å². The molecule has 0 bridgehead atoms. The molecular formula is C29H35NO5. The number of pyridine rings is 1. The first-order valence-electron chi connectivity index (χ1n) is 12.3. The van der Waals surface area contributed by atoms with Gasteiger partial charge >= 0.3 is 0 Å². The number of methoxy groups -OCH3 is 3. The number of rotatable bonds is 5. The molecule has 35 heavy (non-hydrogen) atoms. The Labute approximate surface area is 206 Å². The van der Waals surface area contributed by atoms with Gasteiger partial charge < -0.3 is 23.5 Å². The molecule has 0 saturated heterocycles. The first-order valence-corrected chi connectivity index (χ1v) is 12.3. The fourth-order valence-electron chi connectivity index (χ4n) is 6.79. The minimum atomic E-state index is -0.404. The van der Waals surface area contributed by atoms with Crippen molar-refractivity contribution in [2.75, 3.05) is 21.3 Å². The lowest BCUT2D eigenvalue weighted by molar-refractivity contribution is -0.0903. The number of hydrogen-bond acceptors (Lipinski definition) is 5. The van der Waals surface area contributed by atoms with Crippen molar-refractivity contribution in [1.82, 2.24) is 4.57 Å². The van der Waals surface area contributed by atoms with Crippen LogP contribution in [0.5, 0.6) is 23.0 Å². The molecule has 1 aliphatic carbocycles. The van der Waals surface area contributed by atoms with Crippen LogP contribution in [0, 0.1) is 18.8 Å². The highest BCUT2D eigenvalue weighted by Crippen LogP contribution is 2.67. The average Bonchev–Trinajstić information content (AvgIpc) is 2.82. The van der Waals surface area contributed by atoms with Crippen molar-refractivity contribution in [3.05, 3.63) is 57.4 Å². The van der Waals surface area contributed by atoms with Gasteiger partial charge in [0.05, 0.1) is 32.4 Å². The third-order valence-corrected chi connectivity index (χ3v) is 8.28. The van der Waals surface area contributed by atoms with Crippen molar-refractivity contribution < 1.29 is 18.9 Å². The summed E-state index contributed by atoms with van der Waals surface area (Å²) in [5, 5.41) is 0.997. The largest absolute Gasteiger partial charge is 0.493 e. The highest BCUT2D eigenvalue weighted by molar-refractivity contribution is 5.88. The van der Waals surface area contributed by atoms with E-state index in [9.17, 15) is 4.79 Å². The summed E-state index contributed by atoms with van der Waals surface area (Å²) in [5.41, 5.74) is 3.54. The summed E-state index contributed by atoms with van der Waals surface area (Å²) < 4.78 is 25.4. The van der Waals surface area contributed by atoms with Gasteiger partial charge in [0.15, 0.2) is 11.5 Å². The maximum absolute atomic E-state index is 13.8. The van der Waals surface area contributed by atoms with Crippen LogP contribution < -0.4 is 24.5 Å². The smallest absolute Gasteiger partial charge is 0.258 e. The molecule has 1 fully saturated rings. The standard InChI is InChI=1S/C29H35NO5/c1-9-17-22(16-13-20(32-6)27(34-8)21(14-16)33-7)23-24-26(35-29(3,4)25(17)23)18-12-15(2)10-11-19(18)30(5)28(24)31/h10-14,17,22-23,25H,9H2,1-8H3/t17-,22-,23+,25+/m1/s1. The van der Waals surface area contributed by atoms with Gasteiger partial charge in [-0.05, 0) is 62.4 Å². The zero-order valence-corrected chi connectivity index (χ0v) is 21.9. The first kappa shape index (κ1) is 23.6. The number of fused-ring (bicyclic) bond motifs is 5. The summed E-state index contributed by atoms with van der Waals surface area (Å²) in [4.78, 5) is 13.8. The Hall–Kier alpha value is -3.15. The highest BCUT2D eigenvalue weighted by atomic mass is 16.5. The number of ether oxygens (including phenoxy) is 4. The molecule has 6 heteroatoms. The van der Waals surface area contributed by atoms with E-state index in [1.54, 1.807) is 25.9 Å². The van der Waals surface area contributed by atoms with Gasteiger partial charge in [-0.15, -0.1) is 0 Å². The summed E-state index contributed by atoms with van der Waals surface area (Å²) in [6, 6.07) is 10.3. The molecule has 2 aromatic carbocycles. The zero-order valence-electron chi connectivity index (χ0n) is 21.9. The Morgan fingerprint density at radius 3 is 2.23 bits per heavy atom. The van der Waals surface area contributed by atoms with Gasteiger partial charge in [-0.2, -0.15) is 0 Å². The summed E-state index contributed by atoms with van der Waals surface area (Å²) in [6.45, 7) is 8.63. The van der Waals surface area contributed by atoms with Gasteiger partial charge in [-0.25, -0.2) is 0 Å². The Balaban J connectivity index is 1.78. The monoisotopic (exact) mass is 477 g/mol. The van der Waals surface area contributed by atoms with Crippen LogP contribution in [-0.2, 0) is 7.05 Å². The van der Waals surface area contributed by atoms with E-state index in [-0.39, 0.29) is 23.3 Å². The summed E-state index contributed by atoms with van der Waals surface area (Å²) in [7, 11) is 6.75. The quantitative estimate of drug-likeness (QED) is 0.481. The SMILES string of the molecule is CC[C@@H]1[C@@H](c2cc(OC)c(OC)c(OC)c2)[C@H]2c3c(c4cc(C)ccc4n(C)c3=O)OC(C)(C)[C@@H]12. The van der Waals surface area contributed by atoms with Gasteiger partial charge in [-0.1, -0.05) is 25.0 Å². The van der Waals surface area contributed by atoms with Crippen molar-refractivity contribution >= 4 is 10.9 Å². The number of aryl methyl sites for hydroxylation is 2. The molecule has 0 radical (unpaired) electrons. The molecule has 0 unspecified atom stereocenters. The minimum Gasteiger partial charge on any atom is -0.493 e. The molecule has 186 valence electrons. The topological polar surface area (TPSA) is 58.9 Å². The Bertz CT molecular complexity index is 1350. The molecule has 1 aromatic heterocycles. The Kier molecular flexibility index (Phi) is 5.53. The van der Waals surface area contributed by atoms with Crippen LogP contribution in [0.4, 0.5) is 0 Å². The maximum atomic E-state index is 13.8. The lowest BCUT2D eigenvalue weighted by Crippen LogP contribution is -2.59. The van der Waals surface area contributed by atoms with E-state index in [2.05, 4.69) is 33.8 Å². The number of benzene rings is 2. The summed E-state index contributed by atoms with van der Waals surface area (Å²) in [6.07, 6.45) is 0.984. The first-order chi connectivity index (χ1) is 16.7. The molecule has 4 atom stereocenters. The molecule has 0 N–H and O–H groups in total. The van der Waals surface area contributed by atoms with Crippen LogP contribution in [0.25, 0.3) is 10.9 Å². The molecule has 3 aromatic rings. The van der Waals surface area contributed by atoms with E-state index < -0.39 is 5.60 Å². The Morgan fingerprint density at radius 2 is 1.66 bits per heavy atom. The molecule has 2 aliphatic rings. The predicted octanol–water partition coefficient (Wildman–Crippen LogP) is 5.57. The van der Waals surface area contributed by atoms with Crippen LogP contribution >= 0.6 is 0 Å². The summed E-state index contributed by atoms with van der Waals surface area (Å²) >= 11 is 0. The van der Waals surface area contributed by atoms with Crippen LogP contribution in [0.3, 0.4) is 0 Å². The molecule has 6 nitrogen and oxygen atoms in total. The van der Waals surface area contributed by atoms with Crippen LogP contribution in [-0.4, -0.2) is 31.5 Å². The van der Waals surface area contributed by atoms with Gasteiger partial charge in [0, 0.05) is 24.3 Å². The van der Waals surface area contributed by atoms with E-state index >= 15 is 0 Å². The van der Waals surface area contributed by atoms with Gasteiger partial charge in [0.25, 0.3) is 5.56 Å². The second kappa shape index (κ2) is 8.21. The minimum absolute atomic E-state index is 0.0221. The maximum Gasteiger partial charge on any atom is 0.258 e. The fraction of sp³-hybridized carbons (Fsp3) is 0.483. The molecule has 1 aliphatic heterocycles. The number of nitrogens with zero attached hydrogens (tertiary/aromatic N) is 1. The van der Waals surface area contributed by atoms with E-state index in [0.29, 0.717) is 23.2 Å². The molecule has 5 rings (SSSR count). The normalized spacial score (nSPS) is 24.1. The fourth-order valence-corrected chi connectivity index (χ4v) is 6.79. The van der Waals surface area contributed by atoms with E-state index in [1.807, 2.05) is 31.3 Å². The average molecular weight is 478 g/mol. The predicted molar refractivity (Wildman–Crippen MR) is 137 cm³/mol. The molecule has 0 amide bonds. The van der Waals surface area contributed by atoms with E-state index in [1.165, 1.54) is 0 Å². The number of hydrogen-bond donors (Lipinski definition) is 0. The van der Waals surface area contributed by atoms with Crippen molar-refractivity contribution in [3.63, 3.8) is 0 Å². The lowest BCUT2D eigenvalue weighted by atomic mass is 9.47. The number of aromatic nitrogens is 1. The third-order valence-electron chi connectivity index (χ3n) is 8.28. The lowest BCUT2D eigenvalue weighted by Gasteiger charge is -2.60. The molecule has 1 saturated carbocycles. The second-order valence-electron chi connectivity index (χ2n) is 10.4. The van der Waals surface area contributed by atoms with Crippen LogP contribution in [0.2, 0.25) is 0 Å². The second-order valence-corrected chi connectivity index (χ2v) is 10.4. The molecule has 2 heterocycles. The highest BCUT2D eigenvalue weighted by Gasteiger charge is 2.61. The van der Waals surface area contributed by atoms with Crippen molar-refractivity contribution in [2.24, 2.45) is 18.9 Å². The van der Waals surface area contributed by atoms with Crippen LogP contribution in [0.1, 0.15) is 55.7 Å². The Morgan fingerprint density at radius 1 is 1.00 bits per heavy atom.